The predicted octanol–water partition coefficient (Wildman–Crippen LogP) is 1.46. The molecule has 8 heteroatoms. The van der Waals surface area contributed by atoms with Crippen molar-refractivity contribution in [3.05, 3.63) is 29.8 Å². The van der Waals surface area contributed by atoms with Gasteiger partial charge in [0.15, 0.2) is 5.96 Å². The molecular formula is C15H26IN3O3S. The minimum Gasteiger partial charge on any atom is -0.497 e. The molecule has 0 radical (unpaired) electrons. The van der Waals surface area contributed by atoms with Crippen molar-refractivity contribution < 1.29 is 13.2 Å². The third-order valence-electron chi connectivity index (χ3n) is 3.07. The molecule has 0 aliphatic heterocycles. The number of hydrogen-bond donors (Lipinski definition) is 2. The Morgan fingerprint density at radius 1 is 1.17 bits per heavy atom. The zero-order chi connectivity index (χ0) is 16.4. The third kappa shape index (κ3) is 10.4. The Bertz CT molecular complexity index is 574. The maximum atomic E-state index is 11.0. The zero-order valence-corrected chi connectivity index (χ0v) is 17.0. The van der Waals surface area contributed by atoms with Crippen LogP contribution in [0.2, 0.25) is 0 Å². The number of sulfone groups is 1. The smallest absolute Gasteiger partial charge is 0.190 e. The number of nitrogens with one attached hydrogen (secondary N) is 2. The van der Waals surface area contributed by atoms with Crippen LogP contribution in [0.4, 0.5) is 0 Å². The maximum absolute atomic E-state index is 11.0. The summed E-state index contributed by atoms with van der Waals surface area (Å²) in [6.07, 6.45) is 2.68. The summed E-state index contributed by atoms with van der Waals surface area (Å²) in [6, 6.07) is 7.94. The molecule has 0 amide bonds. The second-order valence-electron chi connectivity index (χ2n) is 5.01. The van der Waals surface area contributed by atoms with E-state index in [0.717, 1.165) is 18.7 Å². The molecule has 0 saturated heterocycles. The summed E-state index contributed by atoms with van der Waals surface area (Å²) in [5.41, 5.74) is 1.21. The molecule has 0 spiro atoms. The van der Waals surface area contributed by atoms with E-state index in [1.165, 1.54) is 11.8 Å². The fraction of sp³-hybridized carbons (Fsp3) is 0.533. The van der Waals surface area contributed by atoms with Crippen molar-refractivity contribution in [2.75, 3.05) is 39.3 Å². The monoisotopic (exact) mass is 455 g/mol. The Morgan fingerprint density at radius 2 is 1.78 bits per heavy atom. The molecule has 1 rings (SSSR count). The van der Waals surface area contributed by atoms with Crippen LogP contribution < -0.4 is 15.4 Å². The normalized spacial score (nSPS) is 11.5. The van der Waals surface area contributed by atoms with Gasteiger partial charge in [-0.1, -0.05) is 12.1 Å². The second-order valence-corrected chi connectivity index (χ2v) is 7.27. The minimum absolute atomic E-state index is 0. The van der Waals surface area contributed by atoms with Crippen LogP contribution in [0, 0.1) is 0 Å². The van der Waals surface area contributed by atoms with Gasteiger partial charge in [0.2, 0.25) is 0 Å². The molecule has 0 atom stereocenters. The van der Waals surface area contributed by atoms with Gasteiger partial charge >= 0.3 is 0 Å². The predicted molar refractivity (Wildman–Crippen MR) is 106 cm³/mol. The molecule has 1 aromatic carbocycles. The van der Waals surface area contributed by atoms with E-state index < -0.39 is 9.84 Å². The summed E-state index contributed by atoms with van der Waals surface area (Å²) >= 11 is 0. The topological polar surface area (TPSA) is 79.8 Å². The van der Waals surface area contributed by atoms with Gasteiger partial charge in [0.05, 0.1) is 12.9 Å². The highest BCUT2D eigenvalue weighted by Gasteiger charge is 2.02. The van der Waals surface area contributed by atoms with E-state index in [1.54, 1.807) is 14.2 Å². The van der Waals surface area contributed by atoms with Crippen LogP contribution >= 0.6 is 24.0 Å². The molecule has 0 aliphatic carbocycles. The molecule has 0 aromatic heterocycles. The summed E-state index contributed by atoms with van der Waals surface area (Å²) in [4.78, 5) is 4.11. The SMILES string of the molecule is CN=C(NCCCS(C)(=O)=O)NCCc1ccc(OC)cc1.I. The Morgan fingerprint density at radius 3 is 2.30 bits per heavy atom. The van der Waals surface area contributed by atoms with Gasteiger partial charge in [-0.3, -0.25) is 4.99 Å². The third-order valence-corrected chi connectivity index (χ3v) is 4.10. The second kappa shape index (κ2) is 11.5. The molecule has 0 unspecified atom stereocenters. The lowest BCUT2D eigenvalue weighted by molar-refractivity contribution is 0.414. The molecule has 0 bridgehead atoms. The standard InChI is InChI=1S/C15H25N3O3S.HI/c1-16-15(17-10-4-12-22(3,19)20)18-11-9-13-5-7-14(21-2)8-6-13;/h5-8H,4,9-12H2,1-3H3,(H2,16,17,18);1H. The molecule has 2 N–H and O–H groups in total. The van der Waals surface area contributed by atoms with Gasteiger partial charge in [0.25, 0.3) is 0 Å². The molecular weight excluding hydrogens is 429 g/mol. The number of hydrogen-bond acceptors (Lipinski definition) is 4. The van der Waals surface area contributed by atoms with Gasteiger partial charge < -0.3 is 15.4 Å². The Kier molecular flexibility index (Phi) is 11.0. The summed E-state index contributed by atoms with van der Waals surface area (Å²) in [5, 5.41) is 6.30. The number of aliphatic imine (C=N–C) groups is 1. The highest BCUT2D eigenvalue weighted by atomic mass is 127. The molecule has 0 heterocycles. The first-order valence-electron chi connectivity index (χ1n) is 7.20. The molecule has 0 aliphatic rings. The number of halogens is 1. The van der Waals surface area contributed by atoms with Gasteiger partial charge in [-0.15, -0.1) is 24.0 Å². The summed E-state index contributed by atoms with van der Waals surface area (Å²) in [6.45, 7) is 1.33. The fourth-order valence-electron chi connectivity index (χ4n) is 1.88. The fourth-order valence-corrected chi connectivity index (χ4v) is 2.55. The van der Waals surface area contributed by atoms with E-state index >= 15 is 0 Å². The summed E-state index contributed by atoms with van der Waals surface area (Å²) in [7, 11) is 0.444. The van der Waals surface area contributed by atoms with Crippen molar-refractivity contribution in [1.29, 1.82) is 0 Å². The van der Waals surface area contributed by atoms with E-state index in [-0.39, 0.29) is 29.7 Å². The van der Waals surface area contributed by atoms with Gasteiger partial charge in [-0.05, 0) is 30.5 Å². The van der Waals surface area contributed by atoms with Crippen LogP contribution in [0.3, 0.4) is 0 Å². The number of ether oxygens (including phenoxy) is 1. The summed E-state index contributed by atoms with van der Waals surface area (Å²) in [5.74, 6) is 1.71. The zero-order valence-electron chi connectivity index (χ0n) is 13.8. The van der Waals surface area contributed by atoms with Crippen LogP contribution in [0.1, 0.15) is 12.0 Å². The highest BCUT2D eigenvalue weighted by Crippen LogP contribution is 2.11. The van der Waals surface area contributed by atoms with E-state index in [2.05, 4.69) is 15.6 Å². The highest BCUT2D eigenvalue weighted by molar-refractivity contribution is 14.0. The van der Waals surface area contributed by atoms with Crippen LogP contribution in [0.25, 0.3) is 0 Å². The average Bonchev–Trinajstić information content (AvgIpc) is 2.49. The average molecular weight is 455 g/mol. The maximum Gasteiger partial charge on any atom is 0.190 e. The molecule has 0 fully saturated rings. The van der Waals surface area contributed by atoms with Crippen molar-refractivity contribution in [3.63, 3.8) is 0 Å². The van der Waals surface area contributed by atoms with Gasteiger partial charge in [-0.2, -0.15) is 0 Å². The molecule has 0 saturated carbocycles. The molecule has 1 aromatic rings. The lowest BCUT2D eigenvalue weighted by Crippen LogP contribution is -2.39. The lowest BCUT2D eigenvalue weighted by Gasteiger charge is -2.11. The molecule has 132 valence electrons. The first kappa shape index (κ1) is 22.0. The van der Waals surface area contributed by atoms with Crippen molar-refractivity contribution >= 4 is 39.8 Å². The van der Waals surface area contributed by atoms with Crippen LogP contribution in [-0.4, -0.2) is 53.6 Å². The number of rotatable bonds is 8. The quantitative estimate of drug-likeness (QED) is 0.269. The minimum atomic E-state index is -2.90. The van der Waals surface area contributed by atoms with Crippen molar-refractivity contribution in [2.45, 2.75) is 12.8 Å². The first-order valence-corrected chi connectivity index (χ1v) is 9.26. The van der Waals surface area contributed by atoms with Gasteiger partial charge in [0.1, 0.15) is 15.6 Å². The largest absolute Gasteiger partial charge is 0.497 e. The van der Waals surface area contributed by atoms with Crippen LogP contribution in [-0.2, 0) is 16.3 Å². The van der Waals surface area contributed by atoms with Crippen molar-refractivity contribution in [1.82, 2.24) is 10.6 Å². The number of nitrogens with zero attached hydrogens (tertiary/aromatic N) is 1. The van der Waals surface area contributed by atoms with Crippen molar-refractivity contribution in [2.24, 2.45) is 4.99 Å². The van der Waals surface area contributed by atoms with E-state index in [4.69, 9.17) is 4.74 Å². The van der Waals surface area contributed by atoms with Gasteiger partial charge in [0, 0.05) is 26.4 Å². The van der Waals surface area contributed by atoms with E-state index in [9.17, 15) is 8.42 Å². The van der Waals surface area contributed by atoms with E-state index in [1.807, 2.05) is 24.3 Å². The van der Waals surface area contributed by atoms with Crippen molar-refractivity contribution in [3.8, 4) is 5.75 Å². The van der Waals surface area contributed by atoms with E-state index in [0.29, 0.717) is 18.9 Å². The van der Waals surface area contributed by atoms with Crippen LogP contribution in [0.5, 0.6) is 5.75 Å². The molecule has 6 nitrogen and oxygen atoms in total. The Labute approximate surface area is 156 Å². The number of methoxy groups -OCH3 is 1. The van der Waals surface area contributed by atoms with Gasteiger partial charge in [-0.25, -0.2) is 8.42 Å². The first-order chi connectivity index (χ1) is 10.4. The molecule has 23 heavy (non-hydrogen) atoms. The van der Waals surface area contributed by atoms with Crippen LogP contribution in [0.15, 0.2) is 29.3 Å². The number of guanidine groups is 1. The Hall–Kier alpha value is -1.03. The lowest BCUT2D eigenvalue weighted by atomic mass is 10.1. The summed E-state index contributed by atoms with van der Waals surface area (Å²) < 4.78 is 27.2. The number of benzene rings is 1. The Balaban J connectivity index is 0.00000484.